The highest BCUT2D eigenvalue weighted by Gasteiger charge is 2.33. The first-order chi connectivity index (χ1) is 11.8. The van der Waals surface area contributed by atoms with Gasteiger partial charge in [-0.15, -0.1) is 5.10 Å². The minimum atomic E-state index is -3.95. The van der Waals surface area contributed by atoms with E-state index in [4.69, 9.17) is 0 Å². The first kappa shape index (κ1) is 17.4. The van der Waals surface area contributed by atoms with Crippen LogP contribution in [0.25, 0.3) is 0 Å². The van der Waals surface area contributed by atoms with Crippen molar-refractivity contribution < 1.29 is 22.0 Å². The van der Waals surface area contributed by atoms with E-state index in [1.54, 1.807) is 0 Å². The maximum absolute atomic E-state index is 13.6. The number of carbonyl (C=O) groups is 1. The number of nitrogens with zero attached hydrogens (tertiary/aromatic N) is 4. The zero-order valence-electron chi connectivity index (χ0n) is 13.2. The predicted octanol–water partition coefficient (Wildman–Crippen LogP) is 1.23. The Bertz CT molecular complexity index is 911. The van der Waals surface area contributed by atoms with Gasteiger partial charge in [0.2, 0.25) is 5.91 Å². The second-order valence-corrected chi connectivity index (χ2v) is 8.16. The Balaban J connectivity index is 1.74. The van der Waals surface area contributed by atoms with Crippen molar-refractivity contribution in [3.05, 3.63) is 35.7 Å². The van der Waals surface area contributed by atoms with Crippen LogP contribution < -0.4 is 5.32 Å². The Morgan fingerprint density at radius 1 is 1.40 bits per heavy atom. The van der Waals surface area contributed by atoms with Crippen LogP contribution in [0.15, 0.2) is 18.2 Å². The first-order valence-electron chi connectivity index (χ1n) is 7.52. The SMILES string of the molecule is CC(C(=O)Nc1cc(F)ccc1F)S(=O)(=O)Cc1nnnn1C1CC1. The topological polar surface area (TPSA) is 107 Å². The zero-order chi connectivity index (χ0) is 18.2. The van der Waals surface area contributed by atoms with Crippen LogP contribution in [0, 0.1) is 11.6 Å². The number of halogens is 2. The number of aromatic nitrogens is 4. The van der Waals surface area contributed by atoms with E-state index < -0.39 is 44.1 Å². The van der Waals surface area contributed by atoms with Crippen LogP contribution in [-0.4, -0.2) is 39.8 Å². The monoisotopic (exact) mass is 371 g/mol. The molecule has 1 saturated carbocycles. The summed E-state index contributed by atoms with van der Waals surface area (Å²) >= 11 is 0. The summed E-state index contributed by atoms with van der Waals surface area (Å²) in [4.78, 5) is 12.1. The molecule has 0 bridgehead atoms. The van der Waals surface area contributed by atoms with Crippen LogP contribution in [0.3, 0.4) is 0 Å². The van der Waals surface area contributed by atoms with E-state index >= 15 is 0 Å². The zero-order valence-corrected chi connectivity index (χ0v) is 14.0. The molecule has 0 aliphatic heterocycles. The van der Waals surface area contributed by atoms with Crippen molar-refractivity contribution >= 4 is 21.4 Å². The fraction of sp³-hybridized carbons (Fsp3) is 0.429. The number of benzene rings is 1. The van der Waals surface area contributed by atoms with E-state index in [-0.39, 0.29) is 11.9 Å². The molecule has 1 aromatic heterocycles. The molecule has 1 aromatic carbocycles. The maximum Gasteiger partial charge on any atom is 0.242 e. The molecule has 8 nitrogen and oxygen atoms in total. The lowest BCUT2D eigenvalue weighted by atomic mass is 10.3. The molecule has 1 aliphatic rings. The highest BCUT2D eigenvalue weighted by Crippen LogP contribution is 2.34. The number of hydrogen-bond acceptors (Lipinski definition) is 6. The number of tetrazole rings is 1. The van der Waals surface area contributed by atoms with Crippen LogP contribution in [0.4, 0.5) is 14.5 Å². The molecule has 1 aliphatic carbocycles. The second kappa shape index (κ2) is 6.47. The van der Waals surface area contributed by atoms with Crippen molar-refractivity contribution in [1.82, 2.24) is 20.2 Å². The lowest BCUT2D eigenvalue weighted by Gasteiger charge is -2.13. The van der Waals surface area contributed by atoms with Crippen molar-refractivity contribution in [2.75, 3.05) is 5.32 Å². The van der Waals surface area contributed by atoms with Gasteiger partial charge in [0.25, 0.3) is 0 Å². The molecule has 1 unspecified atom stereocenters. The molecule has 1 fully saturated rings. The molecule has 134 valence electrons. The summed E-state index contributed by atoms with van der Waals surface area (Å²) in [5.41, 5.74) is -0.421. The number of sulfone groups is 1. The molecule has 25 heavy (non-hydrogen) atoms. The van der Waals surface area contributed by atoms with Gasteiger partial charge in [-0.05, 0) is 42.3 Å². The Morgan fingerprint density at radius 3 is 2.80 bits per heavy atom. The summed E-state index contributed by atoms with van der Waals surface area (Å²) in [5.74, 6) is -2.95. The van der Waals surface area contributed by atoms with Gasteiger partial charge in [-0.1, -0.05) is 0 Å². The standard InChI is InChI=1S/C14H15F2N5O3S/c1-8(14(22)17-12-6-9(15)2-5-11(12)16)25(23,24)7-13-18-19-20-21(13)10-3-4-10/h2,5-6,8,10H,3-4,7H2,1H3,(H,17,22). The van der Waals surface area contributed by atoms with Gasteiger partial charge in [0.15, 0.2) is 15.7 Å². The summed E-state index contributed by atoms with van der Waals surface area (Å²) in [6, 6.07) is 2.60. The molecule has 0 radical (unpaired) electrons. The van der Waals surface area contributed by atoms with Crippen molar-refractivity contribution in [3.63, 3.8) is 0 Å². The molecule has 1 amide bonds. The Morgan fingerprint density at radius 2 is 2.12 bits per heavy atom. The quantitative estimate of drug-likeness (QED) is 0.818. The highest BCUT2D eigenvalue weighted by atomic mass is 32.2. The van der Waals surface area contributed by atoms with E-state index in [1.165, 1.54) is 11.6 Å². The Hall–Kier alpha value is -2.43. The molecular weight excluding hydrogens is 356 g/mol. The predicted molar refractivity (Wildman–Crippen MR) is 83.2 cm³/mol. The minimum Gasteiger partial charge on any atom is -0.322 e. The molecule has 0 spiro atoms. The first-order valence-corrected chi connectivity index (χ1v) is 9.23. The van der Waals surface area contributed by atoms with E-state index in [0.29, 0.717) is 0 Å². The average molecular weight is 371 g/mol. The fourth-order valence-corrected chi connectivity index (χ4v) is 3.39. The third kappa shape index (κ3) is 3.81. The molecular formula is C14H15F2N5O3S. The molecule has 3 rings (SSSR count). The molecule has 0 saturated heterocycles. The number of anilines is 1. The number of amides is 1. The Kier molecular flexibility index (Phi) is 4.50. The molecule has 1 heterocycles. The normalized spacial score (nSPS) is 15.8. The largest absolute Gasteiger partial charge is 0.322 e. The van der Waals surface area contributed by atoms with Gasteiger partial charge in [-0.25, -0.2) is 21.9 Å². The maximum atomic E-state index is 13.6. The third-order valence-corrected chi connectivity index (χ3v) is 5.83. The third-order valence-electron chi connectivity index (χ3n) is 3.88. The lowest BCUT2D eigenvalue weighted by molar-refractivity contribution is -0.115. The molecule has 11 heteroatoms. The van der Waals surface area contributed by atoms with Gasteiger partial charge in [-0.2, -0.15) is 0 Å². The van der Waals surface area contributed by atoms with E-state index in [2.05, 4.69) is 20.8 Å². The smallest absolute Gasteiger partial charge is 0.242 e. The van der Waals surface area contributed by atoms with Crippen LogP contribution in [0.5, 0.6) is 0 Å². The van der Waals surface area contributed by atoms with Crippen LogP contribution in [0.1, 0.15) is 31.6 Å². The summed E-state index contributed by atoms with van der Waals surface area (Å²) in [7, 11) is -3.95. The number of nitrogens with one attached hydrogen (secondary N) is 1. The lowest BCUT2D eigenvalue weighted by Crippen LogP contribution is -2.34. The number of hydrogen-bond donors (Lipinski definition) is 1. The van der Waals surface area contributed by atoms with Crippen molar-refractivity contribution in [3.8, 4) is 0 Å². The van der Waals surface area contributed by atoms with Gasteiger partial charge in [-0.3, -0.25) is 4.79 Å². The molecule has 1 atom stereocenters. The summed E-state index contributed by atoms with van der Waals surface area (Å²) in [5, 5.41) is 11.5. The summed E-state index contributed by atoms with van der Waals surface area (Å²) in [6.07, 6.45) is 1.74. The molecule has 2 aromatic rings. The number of carbonyl (C=O) groups excluding carboxylic acids is 1. The van der Waals surface area contributed by atoms with Crippen molar-refractivity contribution in [2.24, 2.45) is 0 Å². The van der Waals surface area contributed by atoms with Crippen LogP contribution in [0.2, 0.25) is 0 Å². The van der Waals surface area contributed by atoms with Crippen molar-refractivity contribution in [2.45, 2.75) is 36.8 Å². The van der Waals surface area contributed by atoms with Gasteiger partial charge in [0.1, 0.15) is 22.6 Å². The van der Waals surface area contributed by atoms with Crippen LogP contribution >= 0.6 is 0 Å². The van der Waals surface area contributed by atoms with Gasteiger partial charge in [0, 0.05) is 6.07 Å². The minimum absolute atomic E-state index is 0.0886. The van der Waals surface area contributed by atoms with Gasteiger partial charge >= 0.3 is 0 Å². The van der Waals surface area contributed by atoms with Gasteiger partial charge < -0.3 is 5.32 Å². The average Bonchev–Trinajstić information content (AvgIpc) is 3.30. The highest BCUT2D eigenvalue weighted by molar-refractivity contribution is 7.92. The van der Waals surface area contributed by atoms with Gasteiger partial charge in [0.05, 0.1) is 11.7 Å². The van der Waals surface area contributed by atoms with E-state index in [0.717, 1.165) is 31.0 Å². The van der Waals surface area contributed by atoms with Crippen LogP contribution in [-0.2, 0) is 20.4 Å². The van der Waals surface area contributed by atoms with E-state index in [1.807, 2.05) is 0 Å². The Labute approximate surface area is 142 Å². The molecule has 1 N–H and O–H groups in total. The van der Waals surface area contributed by atoms with Crippen molar-refractivity contribution in [1.29, 1.82) is 0 Å². The van der Waals surface area contributed by atoms with E-state index in [9.17, 15) is 22.0 Å². The second-order valence-electron chi connectivity index (χ2n) is 5.83. The summed E-state index contributed by atoms with van der Waals surface area (Å²) in [6.45, 7) is 1.17. The summed E-state index contributed by atoms with van der Waals surface area (Å²) < 4.78 is 53.0. The number of rotatable bonds is 6. The fourth-order valence-electron chi connectivity index (χ4n) is 2.21.